The molecule has 4 aromatic rings. The zero-order valence-electron chi connectivity index (χ0n) is 28.0. The predicted octanol–water partition coefficient (Wildman–Crippen LogP) is 6.91. The number of nitrogens with one attached hydrogen (secondary N) is 1. The van der Waals surface area contributed by atoms with Crippen LogP contribution in [0.25, 0.3) is 0 Å². The number of ketones is 2. The minimum absolute atomic E-state index is 0.0238. The number of hydrogen-bond donors (Lipinski definition) is 5. The Balaban J connectivity index is 1.32. The number of fused-ring (bicyclic) bond motifs is 2. The van der Waals surface area contributed by atoms with Gasteiger partial charge in [-0.25, -0.2) is 0 Å². The summed E-state index contributed by atoms with van der Waals surface area (Å²) in [7, 11) is 0. The Bertz CT molecular complexity index is 1880. The number of hydrogen-bond acceptors (Lipinski definition) is 7. The van der Waals surface area contributed by atoms with Gasteiger partial charge in [-0.1, -0.05) is 68.0 Å². The lowest BCUT2D eigenvalue weighted by Crippen LogP contribution is -2.20. The van der Waals surface area contributed by atoms with Crippen LogP contribution in [0.1, 0.15) is 107 Å². The van der Waals surface area contributed by atoms with E-state index in [2.05, 4.69) is 23.7 Å². The van der Waals surface area contributed by atoms with Crippen LogP contribution >= 0.6 is 0 Å². The number of Topliss-reactive ketones (excluding diaryl/α,β-unsaturated/α-hetero) is 1. The van der Waals surface area contributed by atoms with Crippen molar-refractivity contribution in [2.75, 3.05) is 6.61 Å². The smallest absolute Gasteiger partial charge is 0.165 e. The zero-order chi connectivity index (χ0) is 34.8. The van der Waals surface area contributed by atoms with Crippen LogP contribution in [-0.4, -0.2) is 33.4 Å². The number of unbranched alkanes of at least 4 members (excludes halogenated alkanes) is 3. The second-order valence-corrected chi connectivity index (χ2v) is 12.6. The van der Waals surface area contributed by atoms with Gasteiger partial charge in [0.1, 0.15) is 5.75 Å². The van der Waals surface area contributed by atoms with Gasteiger partial charge in [0.15, 0.2) is 23.1 Å². The highest BCUT2D eigenvalue weighted by Gasteiger charge is 2.27. The molecule has 7 N–H and O–H groups in total. The van der Waals surface area contributed by atoms with Gasteiger partial charge in [0, 0.05) is 53.8 Å². The van der Waals surface area contributed by atoms with Crippen molar-refractivity contribution in [1.29, 1.82) is 0 Å². The van der Waals surface area contributed by atoms with Crippen LogP contribution in [0.3, 0.4) is 0 Å². The highest BCUT2D eigenvalue weighted by Crippen LogP contribution is 2.38. The van der Waals surface area contributed by atoms with Crippen LogP contribution in [0.2, 0.25) is 0 Å². The van der Waals surface area contributed by atoms with Crippen LogP contribution in [0, 0.1) is 11.8 Å². The molecule has 1 aliphatic rings. The van der Waals surface area contributed by atoms with Gasteiger partial charge in [-0.15, -0.1) is 0 Å². The van der Waals surface area contributed by atoms with E-state index in [1.54, 1.807) is 42.6 Å². The third kappa shape index (κ3) is 9.29. The van der Waals surface area contributed by atoms with E-state index in [4.69, 9.17) is 16.2 Å². The van der Waals surface area contributed by atoms with Gasteiger partial charge in [-0.3, -0.25) is 9.59 Å². The summed E-state index contributed by atoms with van der Waals surface area (Å²) in [4.78, 5) is 29.1. The lowest BCUT2D eigenvalue weighted by Gasteiger charge is -2.22. The molecule has 0 unspecified atom stereocenters. The molecular formula is C41H45N3O5. The number of phenolic OH excluding ortho intramolecular Hbond substituents is 2. The maximum absolute atomic E-state index is 13.6. The first kappa shape index (κ1) is 35.2. The summed E-state index contributed by atoms with van der Waals surface area (Å²) in [6.45, 7) is 2.42. The first-order chi connectivity index (χ1) is 23.7. The number of phenols is 2. The molecular weight excluding hydrogens is 614 g/mol. The summed E-state index contributed by atoms with van der Waals surface area (Å²) in [5.41, 5.74) is 17.9. The van der Waals surface area contributed by atoms with Crippen molar-refractivity contribution in [2.45, 2.75) is 76.8 Å². The monoisotopic (exact) mass is 659 g/mol. The second kappa shape index (κ2) is 16.8. The maximum Gasteiger partial charge on any atom is 0.165 e. The summed E-state index contributed by atoms with van der Waals surface area (Å²) in [6, 6.07) is 17.9. The van der Waals surface area contributed by atoms with Crippen molar-refractivity contribution in [3.05, 3.63) is 124 Å². The lowest BCUT2D eigenvalue weighted by atomic mass is 9.81. The third-order valence-electron chi connectivity index (χ3n) is 8.93. The largest absolute Gasteiger partial charge is 0.508 e. The van der Waals surface area contributed by atoms with Crippen LogP contribution in [0.4, 0.5) is 0 Å². The van der Waals surface area contributed by atoms with E-state index in [0.717, 1.165) is 53.6 Å². The van der Waals surface area contributed by atoms with Crippen molar-refractivity contribution in [3.8, 4) is 29.1 Å². The number of aryl methyl sites for hydroxylation is 1. The molecule has 1 heterocycles. The van der Waals surface area contributed by atoms with Gasteiger partial charge in [0.25, 0.3) is 0 Å². The molecule has 1 aromatic heterocycles. The number of carbonyl (C=O) groups is 2. The van der Waals surface area contributed by atoms with Crippen LogP contribution in [0.15, 0.2) is 79.0 Å². The van der Waals surface area contributed by atoms with Crippen LogP contribution in [0.5, 0.6) is 17.2 Å². The topological polar surface area (TPSA) is 152 Å². The molecule has 1 atom stereocenters. The first-order valence-corrected chi connectivity index (χ1v) is 17.0. The molecule has 0 saturated carbocycles. The van der Waals surface area contributed by atoms with Crippen LogP contribution in [-0.2, 0) is 24.1 Å². The quantitative estimate of drug-likeness (QED) is 0.0427. The Kier molecular flexibility index (Phi) is 12.1. The minimum atomic E-state index is -0.681. The summed E-state index contributed by atoms with van der Waals surface area (Å²) in [6.07, 6.45) is 10.9. The molecule has 5 rings (SSSR count). The van der Waals surface area contributed by atoms with Crippen molar-refractivity contribution in [3.63, 3.8) is 0 Å². The number of aromatic amines is 1. The molecule has 0 saturated heterocycles. The van der Waals surface area contributed by atoms with Gasteiger partial charge in [-0.05, 0) is 77.9 Å². The molecule has 0 radical (unpaired) electrons. The van der Waals surface area contributed by atoms with Crippen molar-refractivity contribution in [1.82, 2.24) is 4.98 Å². The highest BCUT2D eigenvalue weighted by molar-refractivity contribution is 5.98. The molecule has 0 fully saturated rings. The number of benzene rings is 3. The minimum Gasteiger partial charge on any atom is -0.508 e. The number of H-pyrrole nitrogens is 1. The van der Waals surface area contributed by atoms with E-state index >= 15 is 0 Å². The molecule has 49 heavy (non-hydrogen) atoms. The summed E-state index contributed by atoms with van der Waals surface area (Å²) in [5.74, 6) is 6.43. The standard InChI is InChI=1S/C41H45N3O5/c1-2-3-4-5-6-9-31(45)15-11-27-13-18-38(47)40(24-27)49-22-20-28-12-17-37(46)35(23-28)34-26-39(48)33-19-21-44-36(33)10-7-8-29-25-30(41(42)43)14-16-32(29)34/h6,9,12-14,16-19,21,23-25,34,41,44,46-47H,2-5,10-11,15,20,22,26,42-43H2,1H3/b9-6+/t34-/m0/s1. The summed E-state index contributed by atoms with van der Waals surface area (Å²) in [5, 5.41) is 21.6. The molecule has 0 bridgehead atoms. The third-order valence-corrected chi connectivity index (χ3v) is 8.93. The zero-order valence-corrected chi connectivity index (χ0v) is 28.0. The Morgan fingerprint density at radius 1 is 1.00 bits per heavy atom. The van der Waals surface area contributed by atoms with E-state index in [1.165, 1.54) is 0 Å². The maximum atomic E-state index is 13.6. The number of rotatable bonds is 14. The van der Waals surface area contributed by atoms with Crippen molar-refractivity contribution in [2.24, 2.45) is 11.5 Å². The van der Waals surface area contributed by atoms with E-state index in [0.29, 0.717) is 48.1 Å². The summed E-state index contributed by atoms with van der Waals surface area (Å²) < 4.78 is 6.00. The number of ether oxygens (including phenoxy) is 1. The van der Waals surface area contributed by atoms with Gasteiger partial charge in [0.05, 0.1) is 19.2 Å². The average Bonchev–Trinajstić information content (AvgIpc) is 3.57. The fourth-order valence-corrected chi connectivity index (χ4v) is 6.14. The number of nitrogens with two attached hydrogens (primary N) is 2. The Morgan fingerprint density at radius 3 is 2.59 bits per heavy atom. The normalized spacial score (nSPS) is 14.3. The van der Waals surface area contributed by atoms with E-state index in [-0.39, 0.29) is 36.1 Å². The van der Waals surface area contributed by atoms with E-state index < -0.39 is 12.1 Å². The van der Waals surface area contributed by atoms with Gasteiger partial charge < -0.3 is 31.4 Å². The van der Waals surface area contributed by atoms with Gasteiger partial charge in [0.2, 0.25) is 0 Å². The molecule has 0 amide bonds. The van der Waals surface area contributed by atoms with Crippen molar-refractivity contribution < 1.29 is 24.5 Å². The van der Waals surface area contributed by atoms with Crippen LogP contribution < -0.4 is 16.2 Å². The molecule has 3 aromatic carbocycles. The molecule has 0 spiro atoms. The molecule has 8 nitrogen and oxygen atoms in total. The number of allylic oxidation sites excluding steroid dienone is 2. The molecule has 1 aliphatic carbocycles. The predicted molar refractivity (Wildman–Crippen MR) is 192 cm³/mol. The second-order valence-electron chi connectivity index (χ2n) is 12.6. The average molecular weight is 660 g/mol. The van der Waals surface area contributed by atoms with E-state index in [9.17, 15) is 19.8 Å². The molecule has 254 valence electrons. The number of aromatic hydroxyl groups is 2. The fraction of sp³-hybridized carbons (Fsp3) is 0.317. The molecule has 0 aliphatic heterocycles. The SMILES string of the molecule is CCCCC/C=C/C(=O)CCc1ccc(O)c(OCCc2ccc(O)c([C@H]3CC(=O)c4cc[nH]c4CC#Cc4cc(C(N)N)ccc43)c2)c1. The lowest BCUT2D eigenvalue weighted by molar-refractivity contribution is -0.114. The van der Waals surface area contributed by atoms with Gasteiger partial charge in [-0.2, -0.15) is 0 Å². The first-order valence-electron chi connectivity index (χ1n) is 17.0. The Morgan fingerprint density at radius 2 is 1.80 bits per heavy atom. The van der Waals surface area contributed by atoms with Crippen molar-refractivity contribution >= 4 is 11.6 Å². The number of aromatic nitrogens is 1. The highest BCUT2D eigenvalue weighted by atomic mass is 16.5. The number of carbonyl (C=O) groups excluding carboxylic acids is 2. The fourth-order valence-electron chi connectivity index (χ4n) is 6.14. The van der Waals surface area contributed by atoms with Gasteiger partial charge >= 0.3 is 0 Å². The Hall–Kier alpha value is -5.10. The summed E-state index contributed by atoms with van der Waals surface area (Å²) >= 11 is 0. The molecule has 8 heteroatoms. The Labute approximate surface area is 288 Å². The van der Waals surface area contributed by atoms with E-state index in [1.807, 2.05) is 36.4 Å².